The summed E-state index contributed by atoms with van der Waals surface area (Å²) in [4.78, 5) is 25.0. The molecule has 0 spiro atoms. The summed E-state index contributed by atoms with van der Waals surface area (Å²) in [5.41, 5.74) is 0.814. The van der Waals surface area contributed by atoms with E-state index in [1.54, 1.807) is 6.92 Å². The highest BCUT2D eigenvalue weighted by Gasteiger charge is 2.15. The van der Waals surface area contributed by atoms with E-state index in [9.17, 15) is 4.79 Å². The van der Waals surface area contributed by atoms with Gasteiger partial charge in [-0.3, -0.25) is 9.36 Å². The molecule has 10 heteroatoms. The molecular weight excluding hydrogens is 405 g/mol. The van der Waals surface area contributed by atoms with Crippen LogP contribution >= 0.6 is 23.2 Å². The number of hydrogen-bond donors (Lipinski definition) is 0. The van der Waals surface area contributed by atoms with Crippen molar-refractivity contribution in [2.24, 2.45) is 0 Å². The quantitative estimate of drug-likeness (QED) is 0.586. The van der Waals surface area contributed by atoms with Gasteiger partial charge in [-0.1, -0.05) is 11.6 Å². The van der Waals surface area contributed by atoms with Crippen molar-refractivity contribution in [3.05, 3.63) is 68.2 Å². The second kappa shape index (κ2) is 8.25. The number of rotatable bonds is 5. The van der Waals surface area contributed by atoms with Crippen LogP contribution in [-0.2, 0) is 6.54 Å². The zero-order valence-corrected chi connectivity index (χ0v) is 16.3. The van der Waals surface area contributed by atoms with Gasteiger partial charge in [0.15, 0.2) is 0 Å². The normalized spacial score (nSPS) is 10.4. The van der Waals surface area contributed by atoms with E-state index in [0.717, 1.165) is 0 Å². The first kappa shape index (κ1) is 19.6. The molecule has 0 unspecified atom stereocenters. The predicted molar refractivity (Wildman–Crippen MR) is 102 cm³/mol. The fraction of sp³-hybridized carbons (Fsp3) is 0.167. The lowest BCUT2D eigenvalue weighted by molar-refractivity contribution is 0.389. The molecule has 3 aromatic rings. The molecular formula is C18H13Cl2N5O3. The van der Waals surface area contributed by atoms with Crippen molar-refractivity contribution in [1.82, 2.24) is 19.5 Å². The number of methoxy groups -OCH3 is 1. The Morgan fingerprint density at radius 3 is 2.75 bits per heavy atom. The van der Waals surface area contributed by atoms with Gasteiger partial charge in [-0.2, -0.15) is 10.2 Å². The Labute approximate surface area is 169 Å². The Morgan fingerprint density at radius 1 is 1.25 bits per heavy atom. The monoisotopic (exact) mass is 417 g/mol. The van der Waals surface area contributed by atoms with Crippen LogP contribution in [0.5, 0.6) is 17.4 Å². The lowest BCUT2D eigenvalue weighted by atomic mass is 10.2. The second-order valence-electron chi connectivity index (χ2n) is 5.66. The van der Waals surface area contributed by atoms with E-state index in [4.69, 9.17) is 37.9 Å². The van der Waals surface area contributed by atoms with Crippen molar-refractivity contribution in [1.29, 1.82) is 5.26 Å². The minimum atomic E-state index is -0.428. The van der Waals surface area contributed by atoms with Crippen molar-refractivity contribution >= 4 is 23.2 Å². The van der Waals surface area contributed by atoms with Gasteiger partial charge >= 0.3 is 0 Å². The topological polar surface area (TPSA) is 103 Å². The van der Waals surface area contributed by atoms with E-state index in [0.29, 0.717) is 21.8 Å². The minimum Gasteiger partial charge on any atom is -0.481 e. The van der Waals surface area contributed by atoms with Crippen LogP contribution in [0.15, 0.2) is 35.5 Å². The maximum atomic E-state index is 12.9. The molecule has 2 aromatic heterocycles. The van der Waals surface area contributed by atoms with Crippen LogP contribution in [0.2, 0.25) is 10.3 Å². The van der Waals surface area contributed by atoms with Crippen LogP contribution in [0, 0.1) is 18.3 Å². The number of halogens is 2. The molecule has 0 N–H and O–H groups in total. The molecule has 0 amide bonds. The van der Waals surface area contributed by atoms with Gasteiger partial charge in [0, 0.05) is 11.2 Å². The summed E-state index contributed by atoms with van der Waals surface area (Å²) in [6, 6.07) is 6.47. The van der Waals surface area contributed by atoms with Gasteiger partial charge in [-0.15, -0.1) is 0 Å². The van der Waals surface area contributed by atoms with Gasteiger partial charge in [0.2, 0.25) is 16.9 Å². The molecule has 0 aliphatic carbocycles. The van der Waals surface area contributed by atoms with Gasteiger partial charge in [-0.25, -0.2) is 9.97 Å². The van der Waals surface area contributed by atoms with Crippen LogP contribution in [0.4, 0.5) is 0 Å². The van der Waals surface area contributed by atoms with Crippen molar-refractivity contribution in [2.75, 3.05) is 7.11 Å². The highest BCUT2D eigenvalue weighted by Crippen LogP contribution is 2.26. The van der Waals surface area contributed by atoms with Crippen molar-refractivity contribution in [2.45, 2.75) is 13.5 Å². The molecule has 0 saturated carbocycles. The van der Waals surface area contributed by atoms with E-state index >= 15 is 0 Å². The van der Waals surface area contributed by atoms with E-state index in [-0.39, 0.29) is 29.2 Å². The maximum Gasteiger partial charge on any atom is 0.296 e. The van der Waals surface area contributed by atoms with E-state index in [2.05, 4.69) is 15.0 Å². The molecule has 8 nitrogen and oxygen atoms in total. The maximum absolute atomic E-state index is 12.9. The molecule has 0 atom stereocenters. The Kier molecular flexibility index (Phi) is 5.78. The third-order valence-electron chi connectivity index (χ3n) is 3.72. The lowest BCUT2D eigenvalue weighted by Crippen LogP contribution is -2.23. The lowest BCUT2D eigenvalue weighted by Gasteiger charge is -2.12. The van der Waals surface area contributed by atoms with Crippen LogP contribution < -0.4 is 15.0 Å². The molecule has 0 bridgehead atoms. The SMILES string of the molecule is COc1nc(Cl)ncc1Cn1cnc(C)c(Oc2cc(Cl)cc(C#N)c2)c1=O. The highest BCUT2D eigenvalue weighted by molar-refractivity contribution is 6.30. The van der Waals surface area contributed by atoms with Crippen LogP contribution in [0.3, 0.4) is 0 Å². The number of benzene rings is 1. The van der Waals surface area contributed by atoms with Gasteiger partial charge in [0.05, 0.1) is 42.9 Å². The van der Waals surface area contributed by atoms with Gasteiger partial charge in [0.25, 0.3) is 5.56 Å². The van der Waals surface area contributed by atoms with E-state index in [1.807, 2.05) is 6.07 Å². The largest absolute Gasteiger partial charge is 0.481 e. The Balaban J connectivity index is 1.98. The minimum absolute atomic E-state index is 0.0162. The van der Waals surface area contributed by atoms with Crippen LogP contribution in [-0.4, -0.2) is 26.6 Å². The third-order valence-corrected chi connectivity index (χ3v) is 4.12. The second-order valence-corrected chi connectivity index (χ2v) is 6.43. The number of aromatic nitrogens is 4. The Bertz CT molecular complexity index is 1140. The smallest absolute Gasteiger partial charge is 0.296 e. The summed E-state index contributed by atoms with van der Waals surface area (Å²) in [5.74, 6) is 0.530. The summed E-state index contributed by atoms with van der Waals surface area (Å²) in [5, 5.41) is 9.42. The molecule has 3 rings (SSSR count). The highest BCUT2D eigenvalue weighted by atomic mass is 35.5. The first-order valence-electron chi connectivity index (χ1n) is 7.91. The first-order chi connectivity index (χ1) is 13.4. The number of aryl methyl sites for hydroxylation is 1. The van der Waals surface area contributed by atoms with Crippen LogP contribution in [0.25, 0.3) is 0 Å². The molecule has 2 heterocycles. The summed E-state index contributed by atoms with van der Waals surface area (Å²) in [7, 11) is 1.44. The number of ether oxygens (including phenoxy) is 2. The fourth-order valence-corrected chi connectivity index (χ4v) is 2.78. The average Bonchev–Trinajstić information content (AvgIpc) is 2.68. The molecule has 0 radical (unpaired) electrons. The standard InChI is InChI=1S/C18H13Cl2N5O3/c1-10-15(28-14-4-11(6-21)3-13(19)5-14)17(26)25(9-23-10)8-12-7-22-18(20)24-16(12)27-2/h3-5,7,9H,8H2,1-2H3. The van der Waals surface area contributed by atoms with Crippen molar-refractivity contribution in [3.63, 3.8) is 0 Å². The molecule has 0 aliphatic rings. The summed E-state index contributed by atoms with van der Waals surface area (Å²) >= 11 is 11.8. The van der Waals surface area contributed by atoms with Gasteiger partial charge in [0.1, 0.15) is 5.75 Å². The summed E-state index contributed by atoms with van der Waals surface area (Å²) in [6.07, 6.45) is 2.86. The van der Waals surface area contributed by atoms with Crippen molar-refractivity contribution in [3.8, 4) is 23.4 Å². The molecule has 0 saturated heterocycles. The van der Waals surface area contributed by atoms with E-state index in [1.165, 1.54) is 42.4 Å². The summed E-state index contributed by atoms with van der Waals surface area (Å²) < 4.78 is 12.2. The van der Waals surface area contributed by atoms with Gasteiger partial charge in [-0.05, 0) is 36.7 Å². The molecule has 28 heavy (non-hydrogen) atoms. The number of nitriles is 1. The average molecular weight is 418 g/mol. The fourth-order valence-electron chi connectivity index (χ4n) is 2.43. The molecule has 0 aliphatic heterocycles. The number of nitrogens with zero attached hydrogens (tertiary/aromatic N) is 5. The zero-order chi connectivity index (χ0) is 20.3. The number of hydrogen-bond acceptors (Lipinski definition) is 7. The third kappa shape index (κ3) is 4.22. The molecule has 0 fully saturated rings. The summed E-state index contributed by atoms with van der Waals surface area (Å²) in [6.45, 7) is 1.74. The van der Waals surface area contributed by atoms with Crippen LogP contribution in [0.1, 0.15) is 16.8 Å². The molecule has 142 valence electrons. The predicted octanol–water partition coefficient (Wildman–Crippen LogP) is 3.37. The molecule has 1 aromatic carbocycles. The Morgan fingerprint density at radius 2 is 2.04 bits per heavy atom. The van der Waals surface area contributed by atoms with Crippen molar-refractivity contribution < 1.29 is 9.47 Å². The van der Waals surface area contributed by atoms with Gasteiger partial charge < -0.3 is 9.47 Å². The Hall–Kier alpha value is -3.15. The zero-order valence-electron chi connectivity index (χ0n) is 14.8. The van der Waals surface area contributed by atoms with E-state index < -0.39 is 5.56 Å². The first-order valence-corrected chi connectivity index (χ1v) is 8.67.